The molecule has 0 saturated carbocycles. The predicted octanol–water partition coefficient (Wildman–Crippen LogP) is 4.35. The highest BCUT2D eigenvalue weighted by atomic mass is 35.5. The first kappa shape index (κ1) is 15.3. The van der Waals surface area contributed by atoms with E-state index in [1.54, 1.807) is 18.2 Å². The van der Waals surface area contributed by atoms with Crippen molar-refractivity contribution < 1.29 is 5.11 Å². The van der Waals surface area contributed by atoms with Gasteiger partial charge in [-0.15, -0.1) is 0 Å². The largest absolute Gasteiger partial charge is 0.508 e. The third-order valence-corrected chi connectivity index (χ3v) is 3.16. The number of benzene rings is 1. The van der Waals surface area contributed by atoms with Gasteiger partial charge in [-0.25, -0.2) is 0 Å². The number of nitrogens with one attached hydrogen (secondary N) is 1. The molecule has 2 N–H and O–H groups in total. The Morgan fingerprint density at radius 3 is 2.28 bits per heavy atom. The number of hydrogen-bond donors (Lipinski definition) is 2. The summed E-state index contributed by atoms with van der Waals surface area (Å²) in [5.74, 6) is 0.251. The van der Waals surface area contributed by atoms with Crippen molar-refractivity contribution in [1.82, 2.24) is 5.32 Å². The SMILES string of the molecule is CC(C)(C)CC(C)(C)NCc1c(O)cccc1Cl. The molecule has 0 saturated heterocycles. The van der Waals surface area contributed by atoms with Crippen LogP contribution >= 0.6 is 11.6 Å². The van der Waals surface area contributed by atoms with Gasteiger partial charge in [0, 0.05) is 22.7 Å². The third-order valence-electron chi connectivity index (χ3n) is 2.81. The number of halogens is 1. The Morgan fingerprint density at radius 1 is 1.17 bits per heavy atom. The van der Waals surface area contributed by atoms with Gasteiger partial charge in [0.2, 0.25) is 0 Å². The average molecular weight is 270 g/mol. The van der Waals surface area contributed by atoms with E-state index >= 15 is 0 Å². The standard InChI is InChI=1S/C15H24ClNO/c1-14(2,3)10-15(4,5)17-9-11-12(16)7-6-8-13(11)18/h6-8,17-18H,9-10H2,1-5H3. The van der Waals surface area contributed by atoms with Crippen molar-refractivity contribution in [3.05, 3.63) is 28.8 Å². The van der Waals surface area contributed by atoms with Gasteiger partial charge in [-0.3, -0.25) is 0 Å². The Labute approximate surface area is 115 Å². The van der Waals surface area contributed by atoms with Crippen molar-refractivity contribution in [2.24, 2.45) is 5.41 Å². The van der Waals surface area contributed by atoms with Gasteiger partial charge in [-0.2, -0.15) is 0 Å². The maximum Gasteiger partial charge on any atom is 0.121 e. The van der Waals surface area contributed by atoms with Gasteiger partial charge >= 0.3 is 0 Å². The minimum absolute atomic E-state index is 0.00383. The quantitative estimate of drug-likeness (QED) is 0.852. The van der Waals surface area contributed by atoms with E-state index in [9.17, 15) is 5.11 Å². The van der Waals surface area contributed by atoms with Crippen molar-refractivity contribution in [3.63, 3.8) is 0 Å². The molecule has 0 aliphatic rings. The van der Waals surface area contributed by atoms with Crippen LogP contribution in [0, 0.1) is 5.41 Å². The van der Waals surface area contributed by atoms with Gasteiger partial charge in [0.15, 0.2) is 0 Å². The predicted molar refractivity (Wildman–Crippen MR) is 78.1 cm³/mol. The molecule has 3 heteroatoms. The van der Waals surface area contributed by atoms with Crippen molar-refractivity contribution in [3.8, 4) is 5.75 Å². The molecule has 0 heterocycles. The van der Waals surface area contributed by atoms with Crippen LogP contribution in [-0.4, -0.2) is 10.6 Å². The van der Waals surface area contributed by atoms with E-state index in [4.69, 9.17) is 11.6 Å². The van der Waals surface area contributed by atoms with Crippen LogP contribution in [-0.2, 0) is 6.54 Å². The van der Waals surface area contributed by atoms with Gasteiger partial charge < -0.3 is 10.4 Å². The summed E-state index contributed by atoms with van der Waals surface area (Å²) in [5, 5.41) is 13.9. The first-order valence-corrected chi connectivity index (χ1v) is 6.70. The molecule has 0 unspecified atom stereocenters. The second kappa shape index (κ2) is 5.50. The van der Waals surface area contributed by atoms with Crippen molar-refractivity contribution in [2.45, 2.75) is 53.1 Å². The number of aromatic hydroxyl groups is 1. The topological polar surface area (TPSA) is 32.3 Å². The highest BCUT2D eigenvalue weighted by Crippen LogP contribution is 2.29. The lowest BCUT2D eigenvalue weighted by Crippen LogP contribution is -2.41. The molecule has 0 fully saturated rings. The maximum atomic E-state index is 9.80. The molecular formula is C15H24ClNO. The Kier molecular flexibility index (Phi) is 4.68. The van der Waals surface area contributed by atoms with Crippen molar-refractivity contribution >= 4 is 11.6 Å². The van der Waals surface area contributed by atoms with Gasteiger partial charge in [-0.1, -0.05) is 38.4 Å². The molecule has 0 aromatic heterocycles. The van der Waals surface area contributed by atoms with E-state index in [0.29, 0.717) is 11.6 Å². The number of phenols is 1. The monoisotopic (exact) mass is 269 g/mol. The Bertz CT molecular complexity index is 387. The van der Waals surface area contributed by atoms with Crippen LogP contribution in [0.4, 0.5) is 0 Å². The first-order valence-electron chi connectivity index (χ1n) is 6.32. The van der Waals surface area contributed by atoms with Gasteiger partial charge in [0.25, 0.3) is 0 Å². The van der Waals surface area contributed by atoms with E-state index in [2.05, 4.69) is 39.9 Å². The summed E-state index contributed by atoms with van der Waals surface area (Å²) >= 11 is 6.09. The van der Waals surface area contributed by atoms with Crippen LogP contribution < -0.4 is 5.32 Å². The smallest absolute Gasteiger partial charge is 0.121 e. The lowest BCUT2D eigenvalue weighted by atomic mass is 9.82. The van der Waals surface area contributed by atoms with E-state index in [0.717, 1.165) is 12.0 Å². The molecule has 1 rings (SSSR count). The molecule has 2 nitrogen and oxygen atoms in total. The van der Waals surface area contributed by atoms with E-state index in [1.165, 1.54) is 0 Å². The van der Waals surface area contributed by atoms with Crippen LogP contribution in [0.3, 0.4) is 0 Å². The third kappa shape index (κ3) is 4.87. The fraction of sp³-hybridized carbons (Fsp3) is 0.600. The van der Waals surface area contributed by atoms with Gasteiger partial charge in [0.05, 0.1) is 0 Å². The molecule has 0 bridgehead atoms. The normalized spacial score (nSPS) is 12.8. The molecular weight excluding hydrogens is 246 g/mol. The number of rotatable bonds is 4. The highest BCUT2D eigenvalue weighted by Gasteiger charge is 2.25. The molecule has 0 aliphatic carbocycles. The summed E-state index contributed by atoms with van der Waals surface area (Å²) in [7, 11) is 0. The van der Waals surface area contributed by atoms with Crippen LogP contribution in [0.1, 0.15) is 46.6 Å². The Hall–Kier alpha value is -0.730. The molecule has 18 heavy (non-hydrogen) atoms. The van der Waals surface area contributed by atoms with Gasteiger partial charge in [-0.05, 0) is 37.8 Å². The van der Waals surface area contributed by atoms with Gasteiger partial charge in [0.1, 0.15) is 5.75 Å². The molecule has 1 aromatic carbocycles. The zero-order valence-corrected chi connectivity index (χ0v) is 12.7. The van der Waals surface area contributed by atoms with Crippen molar-refractivity contribution in [2.75, 3.05) is 0 Å². The minimum atomic E-state index is 0.00383. The fourth-order valence-electron chi connectivity index (χ4n) is 2.44. The zero-order valence-electron chi connectivity index (χ0n) is 12.0. The average Bonchev–Trinajstić information content (AvgIpc) is 2.12. The van der Waals surface area contributed by atoms with Crippen molar-refractivity contribution in [1.29, 1.82) is 0 Å². The van der Waals surface area contributed by atoms with Crippen LogP contribution in [0.5, 0.6) is 5.75 Å². The lowest BCUT2D eigenvalue weighted by molar-refractivity contribution is 0.240. The fourth-order valence-corrected chi connectivity index (χ4v) is 2.67. The molecule has 0 atom stereocenters. The van der Waals surface area contributed by atoms with E-state index < -0.39 is 0 Å². The molecule has 1 aromatic rings. The van der Waals surface area contributed by atoms with Crippen LogP contribution in [0.25, 0.3) is 0 Å². The number of phenolic OH excluding ortho intramolecular Hbond substituents is 1. The van der Waals surface area contributed by atoms with E-state index in [-0.39, 0.29) is 16.7 Å². The van der Waals surface area contributed by atoms with Crippen LogP contribution in [0.15, 0.2) is 18.2 Å². The Balaban J connectivity index is 2.70. The maximum absolute atomic E-state index is 9.80. The molecule has 102 valence electrons. The summed E-state index contributed by atoms with van der Waals surface area (Å²) in [6, 6.07) is 5.22. The molecule has 0 spiro atoms. The highest BCUT2D eigenvalue weighted by molar-refractivity contribution is 6.31. The number of hydrogen-bond acceptors (Lipinski definition) is 2. The second-order valence-corrected chi connectivity index (χ2v) is 7.12. The summed E-state index contributed by atoms with van der Waals surface area (Å²) < 4.78 is 0. The molecule has 0 amide bonds. The summed E-state index contributed by atoms with van der Waals surface area (Å²) in [6.07, 6.45) is 1.05. The summed E-state index contributed by atoms with van der Waals surface area (Å²) in [6.45, 7) is 11.6. The second-order valence-electron chi connectivity index (χ2n) is 6.71. The minimum Gasteiger partial charge on any atom is -0.508 e. The van der Waals surface area contributed by atoms with E-state index in [1.807, 2.05) is 0 Å². The summed E-state index contributed by atoms with van der Waals surface area (Å²) in [4.78, 5) is 0. The molecule has 0 radical (unpaired) electrons. The van der Waals surface area contributed by atoms with Crippen LogP contribution in [0.2, 0.25) is 5.02 Å². The molecule has 0 aliphatic heterocycles. The first-order chi connectivity index (χ1) is 8.11. The zero-order chi connectivity index (χ0) is 14.0. The lowest BCUT2D eigenvalue weighted by Gasteiger charge is -2.33. The summed E-state index contributed by atoms with van der Waals surface area (Å²) in [5.41, 5.74) is 1.03. The Morgan fingerprint density at radius 2 is 1.78 bits per heavy atom.